The lowest BCUT2D eigenvalue weighted by molar-refractivity contribution is 1.19. The maximum absolute atomic E-state index is 4.34. The van der Waals surface area contributed by atoms with E-state index < -0.39 is 0 Å². The standard InChI is InChI=1S/C61H40N2/c1-2-43(30-27-42-35-41-15-3-4-16-45(41)47-18-6-5-17-46(42)47)62-58-25-13-11-23-53(58)56-36-39(28-33-60(56)62)40-29-34-61-57(37-40)54-24-12-14-26-59(54)63(61)44-31-32-52-50-21-8-7-19-48(50)49-20-9-10-22-51(49)55(52)38-44/h2-34,36-38H,1,35H2/b42-27+,43-30+. The summed E-state index contributed by atoms with van der Waals surface area (Å²) in [5, 5.41) is 12.6. The van der Waals surface area contributed by atoms with E-state index >= 15 is 0 Å². The fourth-order valence-electron chi connectivity index (χ4n) is 10.7. The molecule has 0 fully saturated rings. The van der Waals surface area contributed by atoms with Crippen molar-refractivity contribution in [3.63, 3.8) is 0 Å². The Morgan fingerprint density at radius 1 is 0.397 bits per heavy atom. The summed E-state index contributed by atoms with van der Waals surface area (Å²) in [5.41, 5.74) is 15.9. The fraction of sp³-hybridized carbons (Fsp3) is 0.0164. The molecule has 13 rings (SSSR count). The number of rotatable bonds is 5. The quantitative estimate of drug-likeness (QED) is 0.121. The third-order valence-corrected chi connectivity index (χ3v) is 13.5. The molecule has 0 unspecified atom stereocenters. The molecule has 2 nitrogen and oxygen atoms in total. The predicted octanol–water partition coefficient (Wildman–Crippen LogP) is 16.4. The van der Waals surface area contributed by atoms with Crippen LogP contribution in [0.15, 0.2) is 225 Å². The monoisotopic (exact) mass is 800 g/mol. The zero-order chi connectivity index (χ0) is 41.6. The molecule has 0 atom stereocenters. The van der Waals surface area contributed by atoms with E-state index in [0.717, 1.165) is 23.3 Å². The van der Waals surface area contributed by atoms with Crippen LogP contribution in [-0.4, -0.2) is 9.13 Å². The van der Waals surface area contributed by atoms with Crippen LogP contribution in [-0.2, 0) is 6.42 Å². The van der Waals surface area contributed by atoms with Gasteiger partial charge in [-0.05, 0) is 138 Å². The Kier molecular flexibility index (Phi) is 7.85. The average Bonchev–Trinajstić information content (AvgIpc) is 3.86. The summed E-state index contributed by atoms with van der Waals surface area (Å²) in [6, 6.07) is 73.7. The van der Waals surface area contributed by atoms with E-state index in [1.807, 2.05) is 6.08 Å². The van der Waals surface area contributed by atoms with E-state index in [1.165, 1.54) is 109 Å². The van der Waals surface area contributed by atoms with Crippen LogP contribution in [0.2, 0.25) is 0 Å². The highest BCUT2D eigenvalue weighted by Crippen LogP contribution is 2.42. The average molecular weight is 801 g/mol. The number of para-hydroxylation sites is 2. The molecule has 0 amide bonds. The SMILES string of the molecule is C=C/C(=C\C=C1/Cc2ccccc2-c2ccccc21)n1c2ccccc2c2cc(-c3ccc4c(c3)c3ccccc3n4-c3ccc4c5ccccc5c5ccccc5c4c3)ccc21. The summed E-state index contributed by atoms with van der Waals surface area (Å²) < 4.78 is 4.81. The minimum Gasteiger partial charge on any atom is -0.309 e. The molecule has 0 saturated heterocycles. The topological polar surface area (TPSA) is 9.86 Å². The molecule has 2 aromatic heterocycles. The van der Waals surface area contributed by atoms with Gasteiger partial charge in [-0.25, -0.2) is 0 Å². The maximum Gasteiger partial charge on any atom is 0.0541 e. The first-order chi connectivity index (χ1) is 31.2. The molecule has 0 aliphatic heterocycles. The van der Waals surface area contributed by atoms with Gasteiger partial charge in [-0.15, -0.1) is 0 Å². The third-order valence-electron chi connectivity index (χ3n) is 13.5. The molecule has 12 aromatic rings. The molecule has 63 heavy (non-hydrogen) atoms. The number of benzene rings is 10. The van der Waals surface area contributed by atoms with Gasteiger partial charge >= 0.3 is 0 Å². The summed E-state index contributed by atoms with van der Waals surface area (Å²) in [6.45, 7) is 4.34. The van der Waals surface area contributed by atoms with Gasteiger partial charge in [0.15, 0.2) is 0 Å². The van der Waals surface area contributed by atoms with Crippen molar-refractivity contribution in [2.45, 2.75) is 6.42 Å². The van der Waals surface area contributed by atoms with Crippen LogP contribution in [0, 0.1) is 0 Å². The Labute approximate surface area is 365 Å². The normalized spacial score (nSPS) is 13.5. The minimum absolute atomic E-state index is 0.893. The summed E-state index contributed by atoms with van der Waals surface area (Å²) in [7, 11) is 0. The van der Waals surface area contributed by atoms with E-state index in [1.54, 1.807) is 0 Å². The summed E-state index contributed by atoms with van der Waals surface area (Å²) in [6.07, 6.45) is 7.43. The van der Waals surface area contributed by atoms with Crippen molar-refractivity contribution in [1.29, 1.82) is 0 Å². The van der Waals surface area contributed by atoms with E-state index in [2.05, 4.69) is 228 Å². The lowest BCUT2D eigenvalue weighted by atomic mass is 9.82. The van der Waals surface area contributed by atoms with Crippen LogP contribution >= 0.6 is 0 Å². The molecule has 1 aliphatic rings. The second-order valence-corrected chi connectivity index (χ2v) is 16.9. The van der Waals surface area contributed by atoms with Gasteiger partial charge in [0.2, 0.25) is 0 Å². The van der Waals surface area contributed by atoms with Crippen molar-refractivity contribution in [3.8, 4) is 27.9 Å². The fourth-order valence-corrected chi connectivity index (χ4v) is 10.7. The lowest BCUT2D eigenvalue weighted by Crippen LogP contribution is -2.03. The van der Waals surface area contributed by atoms with Gasteiger partial charge in [-0.3, -0.25) is 0 Å². The second-order valence-electron chi connectivity index (χ2n) is 16.9. The van der Waals surface area contributed by atoms with Gasteiger partial charge < -0.3 is 9.13 Å². The molecule has 0 N–H and O–H groups in total. The largest absolute Gasteiger partial charge is 0.309 e. The zero-order valence-corrected chi connectivity index (χ0v) is 34.6. The minimum atomic E-state index is 0.893. The Balaban J connectivity index is 0.939. The Bertz CT molecular complexity index is 3920. The summed E-state index contributed by atoms with van der Waals surface area (Å²) in [4.78, 5) is 0. The van der Waals surface area contributed by atoms with Crippen LogP contribution in [0.1, 0.15) is 11.1 Å². The first-order valence-electron chi connectivity index (χ1n) is 21.8. The van der Waals surface area contributed by atoms with E-state index in [-0.39, 0.29) is 0 Å². The second kappa shape index (κ2) is 13.9. The Hall–Kier alpha value is -8.20. The smallest absolute Gasteiger partial charge is 0.0541 e. The molecular formula is C61H40N2. The molecule has 294 valence electrons. The molecule has 0 saturated carbocycles. The van der Waals surface area contributed by atoms with Crippen LogP contribution in [0.4, 0.5) is 0 Å². The van der Waals surface area contributed by atoms with Crippen molar-refractivity contribution in [2.24, 2.45) is 0 Å². The third kappa shape index (κ3) is 5.38. The van der Waals surface area contributed by atoms with Crippen LogP contribution in [0.5, 0.6) is 0 Å². The molecule has 2 heteroatoms. The van der Waals surface area contributed by atoms with Crippen molar-refractivity contribution in [3.05, 3.63) is 236 Å². The summed E-state index contributed by atoms with van der Waals surface area (Å²) >= 11 is 0. The Morgan fingerprint density at radius 3 is 1.59 bits per heavy atom. The van der Waals surface area contributed by atoms with Crippen LogP contribution in [0.3, 0.4) is 0 Å². The van der Waals surface area contributed by atoms with E-state index in [0.29, 0.717) is 0 Å². The molecule has 10 aromatic carbocycles. The molecule has 0 bridgehead atoms. The first-order valence-corrected chi connectivity index (χ1v) is 21.8. The number of allylic oxidation sites excluding steroid dienone is 5. The molecular weight excluding hydrogens is 761 g/mol. The van der Waals surface area contributed by atoms with Crippen LogP contribution in [0.25, 0.3) is 115 Å². The van der Waals surface area contributed by atoms with Crippen molar-refractivity contribution in [2.75, 3.05) is 0 Å². The number of hydrogen-bond acceptors (Lipinski definition) is 0. The van der Waals surface area contributed by atoms with Gasteiger partial charge in [0.05, 0.1) is 22.1 Å². The van der Waals surface area contributed by atoms with Crippen molar-refractivity contribution in [1.82, 2.24) is 9.13 Å². The molecule has 0 spiro atoms. The van der Waals surface area contributed by atoms with Crippen molar-refractivity contribution >= 4 is 87.2 Å². The van der Waals surface area contributed by atoms with Crippen molar-refractivity contribution < 1.29 is 0 Å². The van der Waals surface area contributed by atoms with Gasteiger partial charge in [-0.2, -0.15) is 0 Å². The molecule has 0 radical (unpaired) electrons. The first kappa shape index (κ1) is 35.5. The highest BCUT2D eigenvalue weighted by molar-refractivity contribution is 6.26. The number of aromatic nitrogens is 2. The predicted molar refractivity (Wildman–Crippen MR) is 270 cm³/mol. The number of nitrogens with zero attached hydrogens (tertiary/aromatic N) is 2. The highest BCUT2D eigenvalue weighted by atomic mass is 15.0. The van der Waals surface area contributed by atoms with Crippen LogP contribution < -0.4 is 0 Å². The summed E-state index contributed by atoms with van der Waals surface area (Å²) in [5.74, 6) is 0. The van der Waals surface area contributed by atoms with Gasteiger partial charge in [-0.1, -0.05) is 164 Å². The molecule has 2 heterocycles. The van der Waals surface area contributed by atoms with Gasteiger partial charge in [0.25, 0.3) is 0 Å². The number of fused-ring (bicyclic) bond motifs is 15. The highest BCUT2D eigenvalue weighted by Gasteiger charge is 2.20. The lowest BCUT2D eigenvalue weighted by Gasteiger charge is -2.22. The Morgan fingerprint density at radius 2 is 0.889 bits per heavy atom. The van der Waals surface area contributed by atoms with E-state index in [4.69, 9.17) is 0 Å². The van der Waals surface area contributed by atoms with Gasteiger partial charge in [0, 0.05) is 32.9 Å². The zero-order valence-electron chi connectivity index (χ0n) is 34.6. The van der Waals surface area contributed by atoms with Gasteiger partial charge in [0.1, 0.15) is 0 Å². The maximum atomic E-state index is 4.34. The van der Waals surface area contributed by atoms with E-state index in [9.17, 15) is 0 Å². The number of hydrogen-bond donors (Lipinski definition) is 0. The molecule has 1 aliphatic carbocycles.